The van der Waals surface area contributed by atoms with Gasteiger partial charge < -0.3 is 15.2 Å². The first-order valence-corrected chi connectivity index (χ1v) is 10.9. The van der Waals surface area contributed by atoms with E-state index in [4.69, 9.17) is 0 Å². The Morgan fingerprint density at radius 1 is 1.00 bits per heavy atom. The van der Waals surface area contributed by atoms with Crippen LogP contribution >= 0.6 is 11.3 Å². The summed E-state index contributed by atoms with van der Waals surface area (Å²) in [4.78, 5) is 13.9. The van der Waals surface area contributed by atoms with E-state index in [1.54, 1.807) is 11.3 Å². The number of hydrogen-bond donors (Lipinski definition) is 2. The number of para-hydroxylation sites is 2. The summed E-state index contributed by atoms with van der Waals surface area (Å²) in [5, 5.41) is 9.36. The number of anilines is 1. The zero-order valence-electron chi connectivity index (χ0n) is 16.7. The number of fused-ring (bicyclic) bond motifs is 1. The lowest BCUT2D eigenvalue weighted by atomic mass is 10.1. The van der Waals surface area contributed by atoms with E-state index in [1.165, 1.54) is 21.5 Å². The fourth-order valence-corrected chi connectivity index (χ4v) is 4.67. The van der Waals surface area contributed by atoms with Gasteiger partial charge in [0.05, 0.1) is 10.6 Å². The maximum atomic E-state index is 12.6. The predicted octanol–water partition coefficient (Wildman–Crippen LogP) is 6.27. The number of nitrogens with zero attached hydrogens (tertiary/aromatic N) is 1. The molecule has 0 atom stereocenters. The van der Waals surface area contributed by atoms with Gasteiger partial charge in [0.25, 0.3) is 0 Å². The molecular weight excluding hydrogens is 378 g/mol. The van der Waals surface area contributed by atoms with Crippen molar-refractivity contribution in [1.29, 1.82) is 0 Å². The van der Waals surface area contributed by atoms with Crippen LogP contribution in [0.15, 0.2) is 66.0 Å². The molecule has 0 unspecified atom stereocenters. The monoisotopic (exact) mass is 403 g/mol. The van der Waals surface area contributed by atoms with Gasteiger partial charge in [-0.3, -0.25) is 0 Å². The SMILES string of the molecule is CCc1ccccc1NC(=O)NCc1c(-c2cccs2)n(CC)c2ccccc12. The highest BCUT2D eigenvalue weighted by Crippen LogP contribution is 2.36. The van der Waals surface area contributed by atoms with E-state index < -0.39 is 0 Å². The highest BCUT2D eigenvalue weighted by molar-refractivity contribution is 7.13. The largest absolute Gasteiger partial charge is 0.340 e. The van der Waals surface area contributed by atoms with Crippen molar-refractivity contribution in [1.82, 2.24) is 9.88 Å². The molecule has 2 aromatic heterocycles. The molecule has 5 heteroatoms. The van der Waals surface area contributed by atoms with Gasteiger partial charge in [0, 0.05) is 35.2 Å². The van der Waals surface area contributed by atoms with Gasteiger partial charge in [0.15, 0.2) is 0 Å². The van der Waals surface area contributed by atoms with Gasteiger partial charge >= 0.3 is 6.03 Å². The number of aromatic nitrogens is 1. The number of rotatable bonds is 6. The Kier molecular flexibility index (Phi) is 5.67. The van der Waals surface area contributed by atoms with E-state index in [0.29, 0.717) is 6.54 Å². The Bertz CT molecular complexity index is 1130. The number of benzene rings is 2. The molecule has 4 rings (SSSR count). The normalized spacial score (nSPS) is 11.0. The van der Waals surface area contributed by atoms with Gasteiger partial charge in [-0.1, -0.05) is 49.4 Å². The van der Waals surface area contributed by atoms with Crippen LogP contribution < -0.4 is 10.6 Å². The minimum absolute atomic E-state index is 0.184. The van der Waals surface area contributed by atoms with Crippen LogP contribution in [0.2, 0.25) is 0 Å². The van der Waals surface area contributed by atoms with Crippen molar-refractivity contribution >= 4 is 34.0 Å². The van der Waals surface area contributed by atoms with Gasteiger partial charge in [-0.25, -0.2) is 4.79 Å². The molecule has 0 spiro atoms. The van der Waals surface area contributed by atoms with Crippen molar-refractivity contribution in [3.63, 3.8) is 0 Å². The van der Waals surface area contributed by atoms with Crippen molar-refractivity contribution < 1.29 is 4.79 Å². The van der Waals surface area contributed by atoms with Crippen LogP contribution in [0.3, 0.4) is 0 Å². The number of carbonyl (C=O) groups excluding carboxylic acids is 1. The Morgan fingerprint density at radius 3 is 2.55 bits per heavy atom. The lowest BCUT2D eigenvalue weighted by molar-refractivity contribution is 0.252. The van der Waals surface area contributed by atoms with Crippen molar-refractivity contribution in [2.75, 3.05) is 5.32 Å². The van der Waals surface area contributed by atoms with Crippen molar-refractivity contribution in [3.8, 4) is 10.6 Å². The van der Waals surface area contributed by atoms with Crippen molar-refractivity contribution in [3.05, 3.63) is 77.2 Å². The zero-order chi connectivity index (χ0) is 20.2. The topological polar surface area (TPSA) is 46.1 Å². The number of nitrogens with one attached hydrogen (secondary N) is 2. The Morgan fingerprint density at radius 2 is 1.79 bits per heavy atom. The van der Waals surface area contributed by atoms with Gasteiger partial charge in [0.2, 0.25) is 0 Å². The van der Waals surface area contributed by atoms with E-state index in [2.05, 4.69) is 70.8 Å². The summed E-state index contributed by atoms with van der Waals surface area (Å²) < 4.78 is 2.34. The number of hydrogen-bond acceptors (Lipinski definition) is 2. The summed E-state index contributed by atoms with van der Waals surface area (Å²) in [5.41, 5.74) is 5.54. The van der Waals surface area contributed by atoms with E-state index >= 15 is 0 Å². The van der Waals surface area contributed by atoms with E-state index in [0.717, 1.165) is 29.8 Å². The van der Waals surface area contributed by atoms with Crippen molar-refractivity contribution in [2.24, 2.45) is 0 Å². The minimum Gasteiger partial charge on any atom is -0.340 e. The summed E-state index contributed by atoms with van der Waals surface area (Å²) in [6.07, 6.45) is 0.878. The Hall–Kier alpha value is -3.05. The summed E-state index contributed by atoms with van der Waals surface area (Å²) in [6, 6.07) is 20.4. The van der Waals surface area contributed by atoms with Crippen molar-refractivity contribution in [2.45, 2.75) is 33.4 Å². The van der Waals surface area contributed by atoms with Gasteiger partial charge in [-0.15, -0.1) is 11.3 Å². The molecule has 4 nitrogen and oxygen atoms in total. The molecule has 0 aliphatic rings. The van der Waals surface area contributed by atoms with Crippen LogP contribution in [0.1, 0.15) is 25.0 Å². The Labute approximate surface area is 175 Å². The minimum atomic E-state index is -0.184. The summed E-state index contributed by atoms with van der Waals surface area (Å²) in [6.45, 7) is 5.60. The van der Waals surface area contributed by atoms with Crippen LogP contribution in [0, 0.1) is 0 Å². The van der Waals surface area contributed by atoms with Gasteiger partial charge in [-0.05, 0) is 42.5 Å². The lowest BCUT2D eigenvalue weighted by Gasteiger charge is -2.12. The first-order chi connectivity index (χ1) is 14.2. The van der Waals surface area contributed by atoms with E-state index in [9.17, 15) is 4.79 Å². The number of urea groups is 1. The molecule has 0 radical (unpaired) electrons. The molecule has 0 aliphatic carbocycles. The lowest BCUT2D eigenvalue weighted by Crippen LogP contribution is -2.28. The number of carbonyl (C=O) groups is 1. The average Bonchev–Trinajstić information content (AvgIpc) is 3.38. The van der Waals surface area contributed by atoms with Crippen LogP contribution in [0.25, 0.3) is 21.5 Å². The predicted molar refractivity (Wildman–Crippen MR) is 123 cm³/mol. The molecule has 2 N–H and O–H groups in total. The molecule has 0 fully saturated rings. The highest BCUT2D eigenvalue weighted by Gasteiger charge is 2.19. The summed E-state index contributed by atoms with van der Waals surface area (Å²) in [7, 11) is 0. The second-order valence-corrected chi connectivity index (χ2v) is 7.83. The molecule has 148 valence electrons. The molecule has 0 saturated carbocycles. The van der Waals surface area contributed by atoms with E-state index in [-0.39, 0.29) is 6.03 Å². The van der Waals surface area contributed by atoms with Crippen LogP contribution in [0.5, 0.6) is 0 Å². The maximum absolute atomic E-state index is 12.6. The highest BCUT2D eigenvalue weighted by atomic mass is 32.1. The van der Waals surface area contributed by atoms with Gasteiger partial charge in [0.1, 0.15) is 0 Å². The maximum Gasteiger partial charge on any atom is 0.319 e. The molecule has 4 aromatic rings. The standard InChI is InChI=1S/C24H25N3OS/c1-3-17-10-5-7-12-20(17)26-24(28)25-16-19-18-11-6-8-13-21(18)27(4-2)23(19)22-14-9-15-29-22/h5-15H,3-4,16H2,1-2H3,(H2,25,26,28). The second kappa shape index (κ2) is 8.53. The fraction of sp³-hybridized carbons (Fsp3) is 0.208. The molecular formula is C24H25N3OS. The molecule has 2 amide bonds. The summed E-state index contributed by atoms with van der Waals surface area (Å²) >= 11 is 1.73. The molecule has 2 heterocycles. The van der Waals surface area contributed by atoms with Gasteiger partial charge in [-0.2, -0.15) is 0 Å². The number of aryl methyl sites for hydroxylation is 2. The third kappa shape index (κ3) is 3.78. The molecule has 0 aliphatic heterocycles. The third-order valence-electron chi connectivity index (χ3n) is 5.22. The fourth-order valence-electron chi connectivity index (χ4n) is 3.86. The second-order valence-electron chi connectivity index (χ2n) is 6.88. The first-order valence-electron chi connectivity index (χ1n) is 9.99. The van der Waals surface area contributed by atoms with E-state index in [1.807, 2.05) is 24.3 Å². The molecule has 2 aromatic carbocycles. The number of thiophene rings is 1. The third-order valence-corrected chi connectivity index (χ3v) is 6.10. The first kappa shape index (κ1) is 19.3. The molecule has 0 saturated heterocycles. The van der Waals surface area contributed by atoms with Crippen LogP contribution in [0.4, 0.5) is 10.5 Å². The number of amides is 2. The smallest absolute Gasteiger partial charge is 0.319 e. The van der Waals surface area contributed by atoms with Crippen LogP contribution in [-0.4, -0.2) is 10.6 Å². The van der Waals surface area contributed by atoms with Crippen LogP contribution in [-0.2, 0) is 19.5 Å². The molecule has 0 bridgehead atoms. The Balaban J connectivity index is 1.64. The summed E-state index contributed by atoms with van der Waals surface area (Å²) in [5.74, 6) is 0. The quantitative estimate of drug-likeness (QED) is 0.391. The zero-order valence-corrected chi connectivity index (χ0v) is 17.6. The molecule has 29 heavy (non-hydrogen) atoms. The average molecular weight is 404 g/mol.